The third-order valence-electron chi connectivity index (χ3n) is 18.6. The minimum absolute atomic E-state index is 0.0556. The molecule has 8 rings (SSSR count). The first-order chi connectivity index (χ1) is 38.2. The Morgan fingerprint density at radius 3 is 2.34 bits per heavy atom. The maximum atomic E-state index is 15.9. The van der Waals surface area contributed by atoms with Crippen LogP contribution in [0.4, 0.5) is 0 Å². The first-order valence-corrected chi connectivity index (χ1v) is 29.1. The molecule has 3 aromatic carbocycles. The molecule has 15 heteroatoms. The molecule has 1 spiro atoms. The Balaban J connectivity index is 1.25. The van der Waals surface area contributed by atoms with Gasteiger partial charge in [-0.25, -0.2) is 0 Å². The second-order valence-corrected chi connectivity index (χ2v) is 24.1. The highest BCUT2D eigenvalue weighted by molar-refractivity contribution is 5.99. The van der Waals surface area contributed by atoms with E-state index in [4.69, 9.17) is 17.2 Å². The van der Waals surface area contributed by atoms with Crippen LogP contribution in [0.3, 0.4) is 0 Å². The lowest BCUT2D eigenvalue weighted by atomic mass is 9.51. The Kier molecular flexibility index (Phi) is 19.9. The highest BCUT2D eigenvalue weighted by Crippen LogP contribution is 2.64. The van der Waals surface area contributed by atoms with Crippen LogP contribution in [0, 0.1) is 29.1 Å². The number of amides is 1. The number of guanidine groups is 1. The number of benzene rings is 3. The molecule has 12 atom stereocenters. The van der Waals surface area contributed by atoms with Gasteiger partial charge in [0.05, 0.1) is 36.6 Å². The molecule has 0 saturated heterocycles. The van der Waals surface area contributed by atoms with Gasteiger partial charge in [-0.05, 0) is 171 Å². The van der Waals surface area contributed by atoms with Crippen LogP contribution < -0.4 is 27.8 Å². The quantitative estimate of drug-likeness (QED) is 0.0388. The summed E-state index contributed by atoms with van der Waals surface area (Å²) in [6.07, 6.45) is 10.1. The lowest BCUT2D eigenvalue weighted by Crippen LogP contribution is -2.59. The van der Waals surface area contributed by atoms with Crippen LogP contribution in [0.1, 0.15) is 149 Å². The van der Waals surface area contributed by atoms with E-state index < -0.39 is 77.2 Å². The molecule has 3 aliphatic carbocycles. The fourth-order valence-corrected chi connectivity index (χ4v) is 14.5. The number of nitrogens with one attached hydrogen (secondary N) is 2. The minimum atomic E-state index is -1.41. The third kappa shape index (κ3) is 13.4. The monoisotopic (exact) mass is 1100 g/mol. The van der Waals surface area contributed by atoms with Gasteiger partial charge in [0, 0.05) is 36.8 Å². The fourth-order valence-electron chi connectivity index (χ4n) is 14.5. The summed E-state index contributed by atoms with van der Waals surface area (Å²) in [4.78, 5) is 34.7. The Hall–Kier alpha value is -5.75. The first-order valence-electron chi connectivity index (χ1n) is 29.1. The maximum Gasteiger partial charge on any atom is 0.243 e. The van der Waals surface area contributed by atoms with Crippen LogP contribution in [-0.2, 0) is 28.9 Å². The van der Waals surface area contributed by atoms with Gasteiger partial charge in [0.25, 0.3) is 0 Å². The van der Waals surface area contributed by atoms with Crippen molar-refractivity contribution in [3.05, 3.63) is 159 Å². The van der Waals surface area contributed by atoms with Crippen LogP contribution in [0.25, 0.3) is 0 Å². The van der Waals surface area contributed by atoms with E-state index >= 15 is 4.79 Å². The van der Waals surface area contributed by atoms with Crippen LogP contribution in [0.15, 0.2) is 130 Å². The molecule has 3 fully saturated rings. The molecule has 2 aliphatic heterocycles. The number of aliphatic hydroxyl groups excluding tert-OH is 5. The van der Waals surface area contributed by atoms with Crippen molar-refractivity contribution in [1.29, 1.82) is 0 Å². The molecule has 80 heavy (non-hydrogen) atoms. The van der Waals surface area contributed by atoms with Crippen LogP contribution in [0.5, 0.6) is 5.75 Å². The Morgan fingerprint density at radius 2 is 1.64 bits per heavy atom. The maximum absolute atomic E-state index is 15.9. The molecule has 3 aromatic rings. The molecule has 15 nitrogen and oxygen atoms in total. The van der Waals surface area contributed by atoms with E-state index in [1.165, 1.54) is 0 Å². The smallest absolute Gasteiger partial charge is 0.243 e. The molecule has 0 aromatic heterocycles. The summed E-state index contributed by atoms with van der Waals surface area (Å²) in [5, 5.41) is 89.4. The first kappa shape index (κ1) is 60.3. The summed E-state index contributed by atoms with van der Waals surface area (Å²) in [6, 6.07) is 19.2. The minimum Gasteiger partial charge on any atom is -0.508 e. The van der Waals surface area contributed by atoms with Crippen LogP contribution >= 0.6 is 0 Å². The van der Waals surface area contributed by atoms with E-state index in [-0.39, 0.29) is 68.8 Å². The van der Waals surface area contributed by atoms with Gasteiger partial charge < -0.3 is 58.3 Å². The van der Waals surface area contributed by atoms with Crippen molar-refractivity contribution in [2.24, 2.45) is 51.3 Å². The summed E-state index contributed by atoms with van der Waals surface area (Å²) >= 11 is 0. The van der Waals surface area contributed by atoms with E-state index in [0.717, 1.165) is 59.9 Å². The normalized spacial score (nSPS) is 30.9. The van der Waals surface area contributed by atoms with Crippen molar-refractivity contribution in [1.82, 2.24) is 10.6 Å². The molecular formula is C65H88N6O9. The number of aromatic hydroxyl groups is 1. The van der Waals surface area contributed by atoms with Gasteiger partial charge in [0.15, 0.2) is 11.7 Å². The van der Waals surface area contributed by atoms with E-state index in [1.54, 1.807) is 42.5 Å². The van der Waals surface area contributed by atoms with Crippen molar-refractivity contribution < 1.29 is 45.3 Å². The molecule has 0 radical (unpaired) electrons. The Bertz CT molecular complexity index is 2840. The van der Waals surface area contributed by atoms with Gasteiger partial charge in [-0.3, -0.25) is 19.9 Å². The van der Waals surface area contributed by atoms with Gasteiger partial charge in [-0.15, -0.1) is 0 Å². The van der Waals surface area contributed by atoms with Crippen molar-refractivity contribution in [2.45, 2.75) is 165 Å². The zero-order chi connectivity index (χ0) is 57.5. The molecule has 2 heterocycles. The van der Waals surface area contributed by atoms with Crippen LogP contribution in [-0.4, -0.2) is 103 Å². The summed E-state index contributed by atoms with van der Waals surface area (Å²) < 4.78 is 0. The lowest BCUT2D eigenvalue weighted by molar-refractivity contribution is -0.168. The lowest BCUT2D eigenvalue weighted by Gasteiger charge is -2.56. The number of ketones is 1. The summed E-state index contributed by atoms with van der Waals surface area (Å²) in [6.45, 7) is 9.52. The highest BCUT2D eigenvalue weighted by Gasteiger charge is 2.64. The number of phenolic OH excluding ortho intramolecular Hbond substituents is 1. The van der Waals surface area contributed by atoms with Crippen molar-refractivity contribution >= 4 is 17.6 Å². The number of nitrogens with two attached hydrogens (primary N) is 3. The van der Waals surface area contributed by atoms with Gasteiger partial charge in [-0.1, -0.05) is 116 Å². The second kappa shape index (κ2) is 26.4. The number of aliphatic imine (C=N–C) groups is 1. The van der Waals surface area contributed by atoms with Gasteiger partial charge >= 0.3 is 0 Å². The average molecular weight is 1100 g/mol. The van der Waals surface area contributed by atoms with Crippen molar-refractivity contribution in [3.8, 4) is 5.75 Å². The molecule has 1 amide bonds. The summed E-state index contributed by atoms with van der Waals surface area (Å²) in [5.41, 5.74) is 24.1. The van der Waals surface area contributed by atoms with Gasteiger partial charge in [0.1, 0.15) is 18.0 Å². The molecule has 432 valence electrons. The number of Topliss-reactive ketones (excluding diaryl/α,β-unsaturated/α-hetero) is 1. The SMILES string of the molecule is C=C(/C=C/C=C(/CO)[C@H]1CC[C@@]2([C@@H]3CC[C@H](O)Cc4cccc(c4)C[C@H]([C@H](CN=C(N)N)c4ccc(O)cc4)[C@H](O)CN[C@H]4C(=O)N[C@@H](N)c5cccc(c54)CC(=O)/C(C4CCCCC4)=C/3CC[C@@]2(C)O)[C@@H]1O)[C@H](O)CC=C(C)C. The Morgan fingerprint density at radius 1 is 0.925 bits per heavy atom. The number of allylic oxidation sites excluding steroid dienone is 5. The average Bonchev–Trinajstić information content (AvgIpc) is 3.92. The molecule has 3 saturated carbocycles. The van der Waals surface area contributed by atoms with Gasteiger partial charge in [-0.2, -0.15) is 0 Å². The number of hydrogen-bond donors (Lipinski definition) is 12. The number of carbonyl (C=O) groups is 2. The number of rotatable bonds is 12. The molecular weight excluding hydrogens is 1010 g/mol. The van der Waals surface area contributed by atoms with E-state index in [0.29, 0.717) is 71.9 Å². The number of phenols is 1. The molecule has 5 aliphatic rings. The van der Waals surface area contributed by atoms with E-state index in [1.807, 2.05) is 69.3 Å². The Labute approximate surface area is 472 Å². The van der Waals surface area contributed by atoms with Crippen molar-refractivity contribution in [2.75, 3.05) is 19.7 Å². The fraction of sp³-hybridized carbons (Fsp3) is 0.523. The standard InChI is InChI=1S/C65H88N6O9/c1-38(2)19-26-54(75)39(3)11-8-17-45(37-72)48-28-30-65(60(48)78)53-25-24-47(74)32-40-12-9-13-41(31-40)33-51(52(35-70-63(67)68)42-20-22-46(73)23-21-42)56(77)36-69-59-58-44(16-10-18-50(58)61(66)71-62(59)79)34-55(76)57(43-14-6-5-7-15-43)49(53)27-29-64(65,4)80/h8-13,16-23,31,43,47-48,51-54,56,59-61,69,72-75,77-78,80H,3,5-7,14-15,24-30,32-37,66H2,1-2,4H3,(H,71,79)(H4,67,68,70)/b11-8+,45-17-,57-49+/t47-,48+,51+,52+,53+,54+,56+,59+,60+,61+,64+,65+/m0/s1. The van der Waals surface area contributed by atoms with Crippen molar-refractivity contribution in [3.63, 3.8) is 0 Å². The van der Waals surface area contributed by atoms with E-state index in [9.17, 15) is 40.5 Å². The topological polar surface area (TPSA) is 290 Å². The number of aliphatic hydroxyl groups is 6. The zero-order valence-electron chi connectivity index (χ0n) is 47.1. The zero-order valence-corrected chi connectivity index (χ0v) is 47.1. The largest absolute Gasteiger partial charge is 0.508 e. The molecule has 15 N–H and O–H groups in total. The number of carbonyl (C=O) groups excluding carboxylic acids is 2. The highest BCUT2D eigenvalue weighted by atomic mass is 16.3. The number of nitrogens with zero attached hydrogens (tertiary/aromatic N) is 1. The number of hydrogen-bond acceptors (Lipinski definition) is 12. The summed E-state index contributed by atoms with van der Waals surface area (Å²) in [5.74, 6) is -2.78. The molecule has 2 bridgehead atoms. The van der Waals surface area contributed by atoms with Gasteiger partial charge in [0.2, 0.25) is 5.91 Å². The third-order valence-corrected chi connectivity index (χ3v) is 18.6. The predicted molar refractivity (Wildman–Crippen MR) is 313 cm³/mol. The van der Waals surface area contributed by atoms with Crippen LogP contribution in [0.2, 0.25) is 0 Å². The number of β-amino-alcohol motifs (C(OH)–C–C–N with tert-alkyl or cyclic N) is 1. The predicted octanol–water partition coefficient (Wildman–Crippen LogP) is 6.74. The second-order valence-electron chi connectivity index (χ2n) is 24.1. The van der Waals surface area contributed by atoms with E-state index in [2.05, 4.69) is 22.2 Å². The molecule has 0 unspecified atom stereocenters. The summed E-state index contributed by atoms with van der Waals surface area (Å²) in [7, 11) is 0. The number of fused-ring (bicyclic) bond motifs is 4.